The van der Waals surface area contributed by atoms with E-state index in [0.717, 1.165) is 11.8 Å². The Morgan fingerprint density at radius 1 is 1.46 bits per heavy atom. The molecule has 3 nitrogen and oxygen atoms in total. The van der Waals surface area contributed by atoms with E-state index >= 15 is 0 Å². The lowest BCUT2D eigenvalue weighted by Gasteiger charge is -2.07. The second kappa shape index (κ2) is 7.15. The summed E-state index contributed by atoms with van der Waals surface area (Å²) in [5, 5.41) is -0.406. The summed E-state index contributed by atoms with van der Waals surface area (Å²) >= 11 is 5.62. The van der Waals surface area contributed by atoms with Gasteiger partial charge in [0.15, 0.2) is 0 Å². The number of thioether (sulfide) groups is 1. The van der Waals surface area contributed by atoms with E-state index in [1.165, 1.54) is 0 Å². The first-order valence-electron chi connectivity index (χ1n) is 4.07. The summed E-state index contributed by atoms with van der Waals surface area (Å²) in [7, 11) is 0. The van der Waals surface area contributed by atoms with Crippen molar-refractivity contribution in [2.75, 3.05) is 13.2 Å². The van der Waals surface area contributed by atoms with Crippen molar-refractivity contribution in [3.63, 3.8) is 0 Å². The molecule has 0 N–H and O–H groups in total. The smallest absolute Gasteiger partial charge is 0.375 e. The number of carbonyl (C=O) groups excluding carboxylic acids is 1. The van der Waals surface area contributed by atoms with Crippen LogP contribution in [0.15, 0.2) is 0 Å². The van der Waals surface area contributed by atoms with Crippen LogP contribution >= 0.6 is 24.0 Å². The number of thiocarbonyl (C=S) groups is 1. The fourth-order valence-electron chi connectivity index (χ4n) is 0.480. The third kappa shape index (κ3) is 8.05. The SMILES string of the molecule is CCOC(=O)SC(=S)OCC(C)C. The van der Waals surface area contributed by atoms with Crippen molar-refractivity contribution in [3.8, 4) is 0 Å². The first-order chi connectivity index (χ1) is 6.06. The zero-order valence-electron chi connectivity index (χ0n) is 8.03. The molecule has 0 aromatic rings. The Hall–Kier alpha value is -0.290. The van der Waals surface area contributed by atoms with Gasteiger partial charge in [-0.15, -0.1) is 0 Å². The molecule has 0 unspecified atom stereocenters. The number of ether oxygens (including phenoxy) is 2. The van der Waals surface area contributed by atoms with Crippen LogP contribution in [0.1, 0.15) is 20.8 Å². The number of hydrogen-bond acceptors (Lipinski definition) is 5. The first-order valence-corrected chi connectivity index (χ1v) is 5.30. The monoisotopic (exact) mass is 222 g/mol. The third-order valence-electron chi connectivity index (χ3n) is 0.963. The van der Waals surface area contributed by atoms with Crippen LogP contribution in [0.5, 0.6) is 0 Å². The average molecular weight is 222 g/mol. The maximum absolute atomic E-state index is 10.9. The van der Waals surface area contributed by atoms with Crippen molar-refractivity contribution in [2.24, 2.45) is 5.92 Å². The maximum Gasteiger partial charge on any atom is 0.375 e. The minimum Gasteiger partial charge on any atom is -0.478 e. The lowest BCUT2D eigenvalue weighted by Crippen LogP contribution is -2.08. The van der Waals surface area contributed by atoms with E-state index in [4.69, 9.17) is 17.0 Å². The van der Waals surface area contributed by atoms with Crippen LogP contribution in [0.4, 0.5) is 4.79 Å². The molecule has 13 heavy (non-hydrogen) atoms. The van der Waals surface area contributed by atoms with E-state index < -0.39 is 5.30 Å². The summed E-state index contributed by atoms with van der Waals surface area (Å²) in [6.45, 7) is 6.66. The highest BCUT2D eigenvalue weighted by Crippen LogP contribution is 2.10. The molecule has 0 saturated carbocycles. The maximum atomic E-state index is 10.9. The lowest BCUT2D eigenvalue weighted by molar-refractivity contribution is 0.181. The van der Waals surface area contributed by atoms with E-state index in [-0.39, 0.29) is 4.38 Å². The molecule has 0 aliphatic carbocycles. The molecule has 0 aromatic carbocycles. The van der Waals surface area contributed by atoms with Gasteiger partial charge in [-0.25, -0.2) is 4.79 Å². The average Bonchev–Trinajstić information content (AvgIpc) is 2.01. The number of rotatable bonds is 3. The zero-order valence-corrected chi connectivity index (χ0v) is 9.67. The highest BCUT2D eigenvalue weighted by atomic mass is 32.2. The van der Waals surface area contributed by atoms with E-state index in [1.807, 2.05) is 13.8 Å². The van der Waals surface area contributed by atoms with Gasteiger partial charge in [-0.2, -0.15) is 0 Å². The Labute approximate surface area is 88.2 Å². The van der Waals surface area contributed by atoms with Crippen LogP contribution < -0.4 is 0 Å². The van der Waals surface area contributed by atoms with Crippen LogP contribution in [0.2, 0.25) is 0 Å². The molecule has 0 aromatic heterocycles. The van der Waals surface area contributed by atoms with Gasteiger partial charge in [0, 0.05) is 11.8 Å². The molecule has 0 rings (SSSR count). The highest BCUT2D eigenvalue weighted by molar-refractivity contribution is 8.32. The quantitative estimate of drug-likeness (QED) is 0.542. The summed E-state index contributed by atoms with van der Waals surface area (Å²) in [5.74, 6) is 0.403. The van der Waals surface area contributed by atoms with Crippen molar-refractivity contribution in [2.45, 2.75) is 20.8 Å². The van der Waals surface area contributed by atoms with Crippen molar-refractivity contribution in [1.82, 2.24) is 0 Å². The summed E-state index contributed by atoms with van der Waals surface area (Å²) in [6.07, 6.45) is 0. The van der Waals surface area contributed by atoms with Gasteiger partial charge in [0.05, 0.1) is 13.2 Å². The molecule has 0 amide bonds. The Morgan fingerprint density at radius 3 is 2.54 bits per heavy atom. The fourth-order valence-corrected chi connectivity index (χ4v) is 1.19. The molecule has 0 aliphatic rings. The molecule has 0 saturated heterocycles. The van der Waals surface area contributed by atoms with Crippen LogP contribution in [-0.4, -0.2) is 22.9 Å². The molecular formula is C8H14O3S2. The summed E-state index contributed by atoms with van der Waals surface area (Å²) in [5.41, 5.74) is 0. The van der Waals surface area contributed by atoms with Gasteiger partial charge < -0.3 is 9.47 Å². The normalized spacial score (nSPS) is 9.85. The molecule has 0 aliphatic heterocycles. The molecule has 0 heterocycles. The molecule has 76 valence electrons. The van der Waals surface area contributed by atoms with Gasteiger partial charge in [-0.1, -0.05) is 13.8 Å². The molecule has 0 atom stereocenters. The van der Waals surface area contributed by atoms with Crippen molar-refractivity contribution >= 4 is 33.7 Å². The van der Waals surface area contributed by atoms with E-state index in [1.54, 1.807) is 6.92 Å². The highest BCUT2D eigenvalue weighted by Gasteiger charge is 2.09. The predicted octanol–water partition coefficient (Wildman–Crippen LogP) is 2.83. The molecule has 0 fully saturated rings. The van der Waals surface area contributed by atoms with Crippen molar-refractivity contribution in [3.05, 3.63) is 0 Å². The molecule has 0 bridgehead atoms. The van der Waals surface area contributed by atoms with Gasteiger partial charge >= 0.3 is 5.30 Å². The fraction of sp³-hybridized carbons (Fsp3) is 0.750. The Morgan fingerprint density at radius 2 is 2.08 bits per heavy atom. The lowest BCUT2D eigenvalue weighted by atomic mass is 10.2. The van der Waals surface area contributed by atoms with Gasteiger partial charge in [0.1, 0.15) is 0 Å². The summed E-state index contributed by atoms with van der Waals surface area (Å²) in [4.78, 5) is 10.9. The molecule has 0 spiro atoms. The zero-order chi connectivity index (χ0) is 10.3. The topological polar surface area (TPSA) is 35.5 Å². The minimum absolute atomic E-state index is 0.229. The van der Waals surface area contributed by atoms with E-state index in [2.05, 4.69) is 4.74 Å². The van der Waals surface area contributed by atoms with Crippen LogP contribution in [0.25, 0.3) is 0 Å². The van der Waals surface area contributed by atoms with E-state index in [9.17, 15) is 4.79 Å². The minimum atomic E-state index is -0.406. The first kappa shape index (κ1) is 12.7. The van der Waals surface area contributed by atoms with Crippen LogP contribution in [0.3, 0.4) is 0 Å². The Bertz CT molecular complexity index is 180. The Kier molecular flexibility index (Phi) is 6.99. The summed E-state index contributed by atoms with van der Waals surface area (Å²) < 4.78 is 10.0. The standard InChI is InChI=1S/C8H14O3S2/c1-4-10-7(9)13-8(12)11-5-6(2)3/h6H,4-5H2,1-3H3. The van der Waals surface area contributed by atoms with Crippen molar-refractivity contribution < 1.29 is 14.3 Å². The summed E-state index contributed by atoms with van der Waals surface area (Å²) in [6, 6.07) is 0. The second-order valence-corrected chi connectivity index (χ2v) is 4.28. The number of carbonyl (C=O) groups is 1. The van der Waals surface area contributed by atoms with Gasteiger partial charge in [-0.3, -0.25) is 0 Å². The van der Waals surface area contributed by atoms with Crippen LogP contribution in [0, 0.1) is 5.92 Å². The Balaban J connectivity index is 3.56. The van der Waals surface area contributed by atoms with E-state index in [0.29, 0.717) is 19.1 Å². The molecule has 5 heteroatoms. The molecular weight excluding hydrogens is 208 g/mol. The van der Waals surface area contributed by atoms with Gasteiger partial charge in [0.25, 0.3) is 0 Å². The second-order valence-electron chi connectivity index (χ2n) is 2.74. The third-order valence-corrected chi connectivity index (χ3v) is 1.90. The van der Waals surface area contributed by atoms with Crippen LogP contribution in [-0.2, 0) is 9.47 Å². The largest absolute Gasteiger partial charge is 0.478 e. The van der Waals surface area contributed by atoms with Gasteiger partial charge in [-0.05, 0) is 25.1 Å². The van der Waals surface area contributed by atoms with Gasteiger partial charge in [0.2, 0.25) is 4.38 Å². The molecule has 0 radical (unpaired) electrons. The van der Waals surface area contributed by atoms with Crippen molar-refractivity contribution in [1.29, 1.82) is 0 Å². The number of hydrogen-bond donors (Lipinski definition) is 0. The predicted molar refractivity (Wildman–Crippen MR) is 58.0 cm³/mol.